The van der Waals surface area contributed by atoms with Gasteiger partial charge in [0.2, 0.25) is 0 Å². The summed E-state index contributed by atoms with van der Waals surface area (Å²) in [5.74, 6) is 0.0964. The molecule has 20 heavy (non-hydrogen) atoms. The molecule has 0 unspecified atom stereocenters. The summed E-state index contributed by atoms with van der Waals surface area (Å²) in [4.78, 5) is 15.9. The molecule has 2 aromatic heterocycles. The Morgan fingerprint density at radius 3 is 3.05 bits per heavy atom. The number of nitrogen functional groups attached to an aromatic ring is 1. The van der Waals surface area contributed by atoms with Gasteiger partial charge in [0.25, 0.3) is 0 Å². The lowest BCUT2D eigenvalue weighted by Crippen LogP contribution is -2.13. The maximum absolute atomic E-state index is 11.7. The predicted octanol–water partition coefficient (Wildman–Crippen LogP) is 2.56. The van der Waals surface area contributed by atoms with E-state index in [2.05, 4.69) is 21.7 Å². The number of hydrogen-bond acceptors (Lipinski definition) is 6. The molecular formula is C14H17N3O2S. The van der Waals surface area contributed by atoms with Crippen molar-refractivity contribution in [3.63, 3.8) is 0 Å². The van der Waals surface area contributed by atoms with Gasteiger partial charge >= 0.3 is 5.97 Å². The van der Waals surface area contributed by atoms with Crippen LogP contribution in [0.4, 0.5) is 11.5 Å². The highest BCUT2D eigenvalue weighted by atomic mass is 32.1. The Kier molecular flexibility index (Phi) is 4.95. The van der Waals surface area contributed by atoms with Gasteiger partial charge in [-0.05, 0) is 41.8 Å². The van der Waals surface area contributed by atoms with E-state index >= 15 is 0 Å². The molecule has 0 fully saturated rings. The van der Waals surface area contributed by atoms with Crippen molar-refractivity contribution in [3.8, 4) is 0 Å². The molecule has 0 saturated carbocycles. The number of aromatic nitrogens is 1. The van der Waals surface area contributed by atoms with Gasteiger partial charge in [0.05, 0.1) is 17.9 Å². The minimum Gasteiger partial charge on any atom is -0.462 e. The van der Waals surface area contributed by atoms with Gasteiger partial charge in [0.15, 0.2) is 0 Å². The smallest absolute Gasteiger partial charge is 0.340 e. The SMILES string of the molecule is CCOC(=O)c1ccnc(NCCc2ccsc2)c1N. The Hall–Kier alpha value is -2.08. The Morgan fingerprint density at radius 2 is 2.35 bits per heavy atom. The van der Waals surface area contributed by atoms with Crippen LogP contribution in [0.25, 0.3) is 0 Å². The average Bonchev–Trinajstić information content (AvgIpc) is 2.94. The Bertz CT molecular complexity index is 570. The van der Waals surface area contributed by atoms with Gasteiger partial charge in [-0.25, -0.2) is 9.78 Å². The lowest BCUT2D eigenvalue weighted by molar-refractivity contribution is 0.0527. The van der Waals surface area contributed by atoms with E-state index in [1.54, 1.807) is 30.5 Å². The Morgan fingerprint density at radius 1 is 1.50 bits per heavy atom. The van der Waals surface area contributed by atoms with Crippen LogP contribution in [0.5, 0.6) is 0 Å². The first-order valence-corrected chi connectivity index (χ1v) is 7.33. The number of anilines is 2. The largest absolute Gasteiger partial charge is 0.462 e. The molecule has 2 aromatic rings. The third kappa shape index (κ3) is 3.48. The van der Waals surface area contributed by atoms with Crippen LogP contribution in [0.2, 0.25) is 0 Å². The highest BCUT2D eigenvalue weighted by molar-refractivity contribution is 7.07. The number of nitrogens with two attached hydrogens (primary N) is 1. The predicted molar refractivity (Wildman–Crippen MR) is 81.1 cm³/mol. The van der Waals surface area contributed by atoms with Crippen LogP contribution in [0, 0.1) is 0 Å². The number of rotatable bonds is 6. The van der Waals surface area contributed by atoms with Gasteiger partial charge in [-0.15, -0.1) is 0 Å². The summed E-state index contributed by atoms with van der Waals surface area (Å²) in [6, 6.07) is 3.65. The first-order valence-electron chi connectivity index (χ1n) is 6.39. The minimum atomic E-state index is -0.423. The third-order valence-electron chi connectivity index (χ3n) is 2.77. The summed E-state index contributed by atoms with van der Waals surface area (Å²) in [6.07, 6.45) is 2.43. The molecule has 0 aromatic carbocycles. The van der Waals surface area contributed by atoms with Gasteiger partial charge in [0, 0.05) is 12.7 Å². The summed E-state index contributed by atoms with van der Waals surface area (Å²) in [5, 5.41) is 7.30. The lowest BCUT2D eigenvalue weighted by atomic mass is 10.2. The van der Waals surface area contributed by atoms with Crippen molar-refractivity contribution < 1.29 is 9.53 Å². The monoisotopic (exact) mass is 291 g/mol. The zero-order valence-corrected chi connectivity index (χ0v) is 12.1. The number of ether oxygens (including phenoxy) is 1. The van der Waals surface area contributed by atoms with Crippen LogP contribution in [-0.4, -0.2) is 24.1 Å². The minimum absolute atomic E-state index is 0.321. The molecule has 0 saturated heterocycles. The second kappa shape index (κ2) is 6.91. The fraction of sp³-hybridized carbons (Fsp3) is 0.286. The van der Waals surface area contributed by atoms with Crippen LogP contribution in [0.1, 0.15) is 22.8 Å². The number of hydrogen-bond donors (Lipinski definition) is 2. The number of nitrogens with one attached hydrogen (secondary N) is 1. The summed E-state index contributed by atoms with van der Waals surface area (Å²) in [5.41, 5.74) is 7.89. The van der Waals surface area contributed by atoms with Gasteiger partial charge in [0.1, 0.15) is 5.82 Å². The Labute approximate surface area is 121 Å². The molecule has 0 aliphatic carbocycles. The van der Waals surface area contributed by atoms with Crippen LogP contribution >= 0.6 is 11.3 Å². The Balaban J connectivity index is 2.01. The second-order valence-corrected chi connectivity index (χ2v) is 4.93. The molecule has 0 aliphatic heterocycles. The van der Waals surface area contributed by atoms with Gasteiger partial charge in [-0.2, -0.15) is 11.3 Å². The van der Waals surface area contributed by atoms with Crippen molar-refractivity contribution >= 4 is 28.8 Å². The highest BCUT2D eigenvalue weighted by Gasteiger charge is 2.14. The normalized spacial score (nSPS) is 10.2. The zero-order chi connectivity index (χ0) is 14.4. The van der Waals surface area contributed by atoms with Crippen LogP contribution < -0.4 is 11.1 Å². The average molecular weight is 291 g/mol. The number of nitrogens with zero attached hydrogens (tertiary/aromatic N) is 1. The first-order chi connectivity index (χ1) is 9.72. The molecule has 5 nitrogen and oxygen atoms in total. The molecule has 3 N–H and O–H groups in total. The van der Waals surface area contributed by atoms with Gasteiger partial charge in [-0.3, -0.25) is 0 Å². The van der Waals surface area contributed by atoms with E-state index in [-0.39, 0.29) is 0 Å². The van der Waals surface area contributed by atoms with E-state index in [1.807, 2.05) is 5.38 Å². The van der Waals surface area contributed by atoms with Crippen molar-refractivity contribution in [2.24, 2.45) is 0 Å². The van der Waals surface area contributed by atoms with E-state index in [4.69, 9.17) is 10.5 Å². The van der Waals surface area contributed by atoms with Crippen molar-refractivity contribution in [1.29, 1.82) is 0 Å². The number of carbonyl (C=O) groups is 1. The molecule has 2 heterocycles. The topological polar surface area (TPSA) is 77.2 Å². The zero-order valence-electron chi connectivity index (χ0n) is 11.3. The molecule has 0 spiro atoms. The number of esters is 1. The molecule has 0 atom stereocenters. The molecule has 0 radical (unpaired) electrons. The summed E-state index contributed by atoms with van der Waals surface area (Å²) < 4.78 is 4.95. The van der Waals surface area contributed by atoms with Crippen LogP contribution in [0.3, 0.4) is 0 Å². The lowest BCUT2D eigenvalue weighted by Gasteiger charge is -2.11. The molecule has 0 amide bonds. The van der Waals surface area contributed by atoms with E-state index in [1.165, 1.54) is 5.56 Å². The van der Waals surface area contributed by atoms with Crippen molar-refractivity contribution in [3.05, 3.63) is 40.2 Å². The van der Waals surface area contributed by atoms with Gasteiger partial charge < -0.3 is 15.8 Å². The van der Waals surface area contributed by atoms with Crippen LogP contribution in [-0.2, 0) is 11.2 Å². The third-order valence-corrected chi connectivity index (χ3v) is 3.50. The quantitative estimate of drug-likeness (QED) is 0.800. The van der Waals surface area contributed by atoms with Gasteiger partial charge in [-0.1, -0.05) is 0 Å². The molecule has 6 heteroatoms. The fourth-order valence-corrected chi connectivity index (χ4v) is 2.46. The molecule has 0 bridgehead atoms. The number of pyridine rings is 1. The van der Waals surface area contributed by atoms with E-state index in [9.17, 15) is 4.79 Å². The molecular weight excluding hydrogens is 274 g/mol. The van der Waals surface area contributed by atoms with Crippen molar-refractivity contribution in [2.75, 3.05) is 24.2 Å². The second-order valence-electron chi connectivity index (χ2n) is 4.15. The number of thiophene rings is 1. The maximum Gasteiger partial charge on any atom is 0.340 e. The van der Waals surface area contributed by atoms with Crippen molar-refractivity contribution in [2.45, 2.75) is 13.3 Å². The summed E-state index contributed by atoms with van der Waals surface area (Å²) in [7, 11) is 0. The van der Waals surface area contributed by atoms with Crippen LogP contribution in [0.15, 0.2) is 29.1 Å². The molecule has 0 aliphatic rings. The number of carbonyl (C=O) groups excluding carboxylic acids is 1. The summed E-state index contributed by atoms with van der Waals surface area (Å²) in [6.45, 7) is 2.79. The van der Waals surface area contributed by atoms with E-state index in [0.29, 0.717) is 30.2 Å². The van der Waals surface area contributed by atoms with Crippen molar-refractivity contribution in [1.82, 2.24) is 4.98 Å². The fourth-order valence-electron chi connectivity index (χ4n) is 1.76. The first kappa shape index (κ1) is 14.3. The highest BCUT2D eigenvalue weighted by Crippen LogP contribution is 2.20. The molecule has 2 rings (SSSR count). The molecule has 106 valence electrons. The maximum atomic E-state index is 11.7. The summed E-state index contributed by atoms with van der Waals surface area (Å²) >= 11 is 1.67. The van der Waals surface area contributed by atoms with E-state index < -0.39 is 5.97 Å². The van der Waals surface area contributed by atoms with E-state index in [0.717, 1.165) is 6.42 Å². The standard InChI is InChI=1S/C14H17N3O2S/c1-2-19-14(18)11-4-7-17-13(12(11)15)16-6-3-10-5-8-20-9-10/h4-5,7-9H,2-3,6,15H2,1H3,(H,16,17).